The Morgan fingerprint density at radius 2 is 1.45 bits per heavy atom. The van der Waals surface area contributed by atoms with Gasteiger partial charge in [0, 0.05) is 27.2 Å². The van der Waals surface area contributed by atoms with Crippen molar-refractivity contribution in [2.24, 2.45) is 0 Å². The van der Waals surface area contributed by atoms with E-state index < -0.39 is 29.2 Å². The number of hydrogen-bond acceptors (Lipinski definition) is 4. The number of nitrogens with zero attached hydrogens (tertiary/aromatic N) is 4. The minimum atomic E-state index is -1.40. The first-order valence-electron chi connectivity index (χ1n) is 9.92. The summed E-state index contributed by atoms with van der Waals surface area (Å²) >= 11 is 12.0. The maximum absolute atomic E-state index is 13.8. The zero-order valence-corrected chi connectivity index (χ0v) is 18.1. The molecule has 2 aromatic carbocycles. The molecule has 0 bridgehead atoms. The van der Waals surface area contributed by atoms with Crippen LogP contribution < -0.4 is 9.80 Å². The van der Waals surface area contributed by atoms with E-state index in [1.54, 1.807) is 48.5 Å². The van der Waals surface area contributed by atoms with Gasteiger partial charge in [-0.15, -0.1) is 0 Å². The van der Waals surface area contributed by atoms with Gasteiger partial charge in [-0.2, -0.15) is 0 Å². The van der Waals surface area contributed by atoms with Crippen molar-refractivity contribution in [2.45, 2.75) is 31.3 Å². The number of nitro groups is 1. The van der Waals surface area contributed by atoms with Crippen LogP contribution in [0.3, 0.4) is 0 Å². The molecule has 0 spiro atoms. The number of rotatable bonds is 4. The summed E-state index contributed by atoms with van der Waals surface area (Å²) in [4.78, 5) is 42.5. The predicted octanol–water partition coefficient (Wildman–Crippen LogP) is 5.41. The van der Waals surface area contributed by atoms with Gasteiger partial charge in [-0.25, -0.2) is 14.5 Å². The summed E-state index contributed by atoms with van der Waals surface area (Å²) < 4.78 is 0. The van der Waals surface area contributed by atoms with E-state index >= 15 is 0 Å². The Kier molecular flexibility index (Phi) is 5.77. The fourth-order valence-electron chi connectivity index (χ4n) is 4.38. The molecule has 1 atom stereocenters. The number of halogens is 2. The van der Waals surface area contributed by atoms with Gasteiger partial charge in [0.15, 0.2) is 5.66 Å². The Hall–Kier alpha value is -2.84. The highest BCUT2D eigenvalue weighted by Crippen LogP contribution is 2.41. The first-order valence-corrected chi connectivity index (χ1v) is 10.7. The normalized spacial score (nSPS) is 21.7. The maximum Gasteiger partial charge on any atom is 0.339 e. The van der Waals surface area contributed by atoms with Crippen molar-refractivity contribution in [2.75, 3.05) is 22.9 Å². The standard InChI is InChI=1S/C21H20Cl2N4O4/c22-15-4-8-17(9-5-15)26-19(28)24-13-3-1-2-12-21(24,14-25(30)31)27(20(26)29)18-10-6-16(23)7-11-18/h4-11H,1-3,12-14H2. The highest BCUT2D eigenvalue weighted by Gasteiger charge is 2.58. The third-order valence-electron chi connectivity index (χ3n) is 5.73. The Bertz CT molecular complexity index is 1020. The van der Waals surface area contributed by atoms with Crippen LogP contribution in [0.25, 0.3) is 0 Å². The Labute approximate surface area is 189 Å². The van der Waals surface area contributed by atoms with Crippen molar-refractivity contribution in [3.8, 4) is 0 Å². The van der Waals surface area contributed by atoms with Gasteiger partial charge in [-0.1, -0.05) is 29.6 Å². The summed E-state index contributed by atoms with van der Waals surface area (Å²) in [7, 11) is 0. The van der Waals surface area contributed by atoms with Crippen LogP contribution >= 0.6 is 23.2 Å². The second-order valence-electron chi connectivity index (χ2n) is 7.62. The molecule has 8 nitrogen and oxygen atoms in total. The molecule has 162 valence electrons. The first-order chi connectivity index (χ1) is 14.8. The number of hydrogen-bond donors (Lipinski definition) is 0. The van der Waals surface area contributed by atoms with Gasteiger partial charge in [-0.3, -0.25) is 19.9 Å². The van der Waals surface area contributed by atoms with E-state index in [0.717, 1.165) is 11.3 Å². The van der Waals surface area contributed by atoms with E-state index in [4.69, 9.17) is 23.2 Å². The van der Waals surface area contributed by atoms with Gasteiger partial charge in [0.2, 0.25) is 6.54 Å². The molecule has 2 fully saturated rings. The predicted molar refractivity (Wildman–Crippen MR) is 118 cm³/mol. The molecule has 0 radical (unpaired) electrons. The quantitative estimate of drug-likeness (QED) is 0.448. The van der Waals surface area contributed by atoms with E-state index in [9.17, 15) is 19.7 Å². The minimum Gasteiger partial charge on any atom is -0.294 e. The van der Waals surface area contributed by atoms with Crippen LogP contribution in [0.2, 0.25) is 10.0 Å². The highest BCUT2D eigenvalue weighted by molar-refractivity contribution is 6.31. The van der Waals surface area contributed by atoms with Crippen LogP contribution in [0.15, 0.2) is 48.5 Å². The van der Waals surface area contributed by atoms with Crippen LogP contribution in [-0.4, -0.2) is 40.6 Å². The van der Waals surface area contributed by atoms with E-state index in [2.05, 4.69) is 0 Å². The fraction of sp³-hybridized carbons (Fsp3) is 0.333. The minimum absolute atomic E-state index is 0.308. The van der Waals surface area contributed by atoms with Gasteiger partial charge >= 0.3 is 12.1 Å². The molecule has 1 unspecified atom stereocenters. The summed E-state index contributed by atoms with van der Waals surface area (Å²) in [5.74, 6) is 0. The summed E-state index contributed by atoms with van der Waals surface area (Å²) in [6.07, 6.45) is 2.48. The van der Waals surface area contributed by atoms with Crippen LogP contribution in [0.5, 0.6) is 0 Å². The van der Waals surface area contributed by atoms with Crippen molar-refractivity contribution in [1.29, 1.82) is 0 Å². The number of imide groups is 1. The smallest absolute Gasteiger partial charge is 0.294 e. The van der Waals surface area contributed by atoms with Gasteiger partial charge in [0.1, 0.15) is 0 Å². The molecule has 2 aliphatic heterocycles. The zero-order chi connectivity index (χ0) is 22.2. The average Bonchev–Trinajstić information content (AvgIpc) is 2.93. The molecular weight excluding hydrogens is 443 g/mol. The molecule has 2 aliphatic rings. The van der Waals surface area contributed by atoms with Gasteiger partial charge in [0.05, 0.1) is 5.69 Å². The van der Waals surface area contributed by atoms with Gasteiger partial charge < -0.3 is 0 Å². The number of amides is 4. The summed E-state index contributed by atoms with van der Waals surface area (Å²) in [6, 6.07) is 11.6. The van der Waals surface area contributed by atoms with Gasteiger partial charge in [-0.05, 0) is 67.8 Å². The lowest BCUT2D eigenvalue weighted by Crippen LogP contribution is -2.76. The van der Waals surface area contributed by atoms with E-state index in [1.165, 1.54) is 9.80 Å². The molecular formula is C21H20Cl2N4O4. The topological polar surface area (TPSA) is 87.0 Å². The lowest BCUT2D eigenvalue weighted by molar-refractivity contribution is -0.494. The number of benzene rings is 2. The molecule has 0 saturated carbocycles. The number of carbonyl (C=O) groups excluding carboxylic acids is 2. The summed E-state index contributed by atoms with van der Waals surface area (Å²) in [5.41, 5.74) is -0.614. The molecule has 2 saturated heterocycles. The van der Waals surface area contributed by atoms with Crippen LogP contribution in [0.4, 0.5) is 21.0 Å². The van der Waals surface area contributed by atoms with E-state index in [1.807, 2.05) is 0 Å². The van der Waals surface area contributed by atoms with Crippen molar-refractivity contribution >= 4 is 46.6 Å². The number of fused-ring (bicyclic) bond motifs is 1. The molecule has 0 aliphatic carbocycles. The lowest BCUT2D eigenvalue weighted by Gasteiger charge is -2.53. The second-order valence-corrected chi connectivity index (χ2v) is 8.50. The lowest BCUT2D eigenvalue weighted by atomic mass is 9.97. The molecule has 4 amide bonds. The van der Waals surface area contributed by atoms with Crippen LogP contribution in [-0.2, 0) is 0 Å². The largest absolute Gasteiger partial charge is 0.339 e. The summed E-state index contributed by atoms with van der Waals surface area (Å²) in [5, 5.41) is 12.7. The number of anilines is 2. The van der Waals surface area contributed by atoms with Crippen LogP contribution in [0, 0.1) is 10.1 Å². The number of urea groups is 2. The Morgan fingerprint density at radius 1 is 0.871 bits per heavy atom. The Balaban J connectivity index is 1.91. The number of carbonyl (C=O) groups is 2. The Morgan fingerprint density at radius 3 is 2.03 bits per heavy atom. The van der Waals surface area contributed by atoms with Crippen molar-refractivity contribution in [3.05, 3.63) is 68.7 Å². The molecule has 0 aromatic heterocycles. The highest BCUT2D eigenvalue weighted by atomic mass is 35.5. The third kappa shape index (κ3) is 3.81. The zero-order valence-electron chi connectivity index (χ0n) is 16.5. The average molecular weight is 463 g/mol. The molecule has 31 heavy (non-hydrogen) atoms. The third-order valence-corrected chi connectivity index (χ3v) is 6.24. The molecule has 2 heterocycles. The van der Waals surface area contributed by atoms with E-state index in [0.29, 0.717) is 47.2 Å². The van der Waals surface area contributed by atoms with Crippen LogP contribution in [0.1, 0.15) is 25.7 Å². The fourth-order valence-corrected chi connectivity index (χ4v) is 4.63. The molecule has 10 heteroatoms. The molecule has 4 rings (SSSR count). The molecule has 2 aromatic rings. The van der Waals surface area contributed by atoms with E-state index in [-0.39, 0.29) is 0 Å². The summed E-state index contributed by atoms with van der Waals surface area (Å²) in [6.45, 7) is -0.254. The maximum atomic E-state index is 13.8. The first kappa shape index (κ1) is 21.4. The monoisotopic (exact) mass is 462 g/mol. The molecule has 0 N–H and O–H groups in total. The van der Waals surface area contributed by atoms with Crippen molar-refractivity contribution in [1.82, 2.24) is 4.90 Å². The second kappa shape index (κ2) is 8.36. The van der Waals surface area contributed by atoms with Crippen molar-refractivity contribution in [3.63, 3.8) is 0 Å². The van der Waals surface area contributed by atoms with Gasteiger partial charge in [0.25, 0.3) is 0 Å². The van der Waals surface area contributed by atoms with Crippen molar-refractivity contribution < 1.29 is 14.5 Å². The SMILES string of the molecule is O=C1N(c2ccc(Cl)cc2)C(=O)N(c2ccc(Cl)cc2)C2(C[N+](=O)[O-])CCCCCN12.